The first-order valence-corrected chi connectivity index (χ1v) is 9.04. The van der Waals surface area contributed by atoms with Gasteiger partial charge >= 0.3 is 0 Å². The van der Waals surface area contributed by atoms with E-state index >= 15 is 4.39 Å². The molecular formula is C19H16ClFN6O2. The molecule has 0 bridgehead atoms. The van der Waals surface area contributed by atoms with E-state index in [2.05, 4.69) is 25.5 Å². The minimum absolute atomic E-state index is 0.125. The molecule has 4 rings (SSSR count). The number of nitrogens with one attached hydrogen (secondary N) is 2. The van der Waals surface area contributed by atoms with Gasteiger partial charge in [0, 0.05) is 22.6 Å². The van der Waals surface area contributed by atoms with Gasteiger partial charge in [-0.2, -0.15) is 5.10 Å². The minimum atomic E-state index is -0.825. The number of ketones is 1. The molecule has 8 nitrogen and oxygen atoms in total. The summed E-state index contributed by atoms with van der Waals surface area (Å²) >= 11 is 6.38. The summed E-state index contributed by atoms with van der Waals surface area (Å²) in [4.78, 5) is 32.0. The fraction of sp³-hybridized carbons (Fsp3) is 0.211. The molecule has 0 spiro atoms. The van der Waals surface area contributed by atoms with Crippen LogP contribution in [-0.2, 0) is 4.79 Å². The number of aromatic nitrogens is 5. The molecule has 0 fully saturated rings. The average molecular weight is 415 g/mol. The van der Waals surface area contributed by atoms with E-state index in [1.165, 1.54) is 12.4 Å². The van der Waals surface area contributed by atoms with Gasteiger partial charge in [0.15, 0.2) is 23.1 Å². The molecule has 1 aromatic carbocycles. The number of amides is 1. The zero-order chi connectivity index (χ0) is 20.9. The van der Waals surface area contributed by atoms with Gasteiger partial charge in [0.25, 0.3) is 0 Å². The Hall–Kier alpha value is -3.33. The monoisotopic (exact) mass is 414 g/mol. The van der Waals surface area contributed by atoms with Gasteiger partial charge in [0.2, 0.25) is 6.41 Å². The Balaban J connectivity index is 1.97. The van der Waals surface area contributed by atoms with Crippen LogP contribution in [0.15, 0.2) is 24.8 Å². The lowest BCUT2D eigenvalue weighted by molar-refractivity contribution is -0.105. The third-order valence-corrected chi connectivity index (χ3v) is 4.86. The number of hydrogen-bond acceptors (Lipinski definition) is 5. The highest BCUT2D eigenvalue weighted by molar-refractivity contribution is 6.36. The van der Waals surface area contributed by atoms with Crippen LogP contribution < -0.4 is 5.32 Å². The summed E-state index contributed by atoms with van der Waals surface area (Å²) in [6, 6.07) is 0. The number of hydrogen-bond donors (Lipinski definition) is 2. The number of fused-ring (bicyclic) bond motifs is 2. The SMILES string of the molecule is CC(C)(C)C(=O)c1c(F)c(Cl)c(-c2cn3cc(NC=O)nc3cn2)c2cn[nH]c12. The maximum absolute atomic E-state index is 15.3. The number of H-pyrrole nitrogens is 1. The summed E-state index contributed by atoms with van der Waals surface area (Å²) in [5.74, 6) is -0.870. The van der Waals surface area contributed by atoms with E-state index < -0.39 is 11.2 Å². The van der Waals surface area contributed by atoms with E-state index in [9.17, 15) is 9.59 Å². The van der Waals surface area contributed by atoms with Gasteiger partial charge in [-0.1, -0.05) is 32.4 Å². The number of imidazole rings is 1. The van der Waals surface area contributed by atoms with E-state index in [0.29, 0.717) is 34.5 Å². The smallest absolute Gasteiger partial charge is 0.212 e. The molecule has 0 radical (unpaired) electrons. The second kappa shape index (κ2) is 6.63. The molecule has 0 atom stereocenters. The zero-order valence-corrected chi connectivity index (χ0v) is 16.5. The standard InChI is InChI=1S/C19H16ClFN6O2/c1-19(2,3)18(29)14-16(21)15(20)13(9-4-24-26-17(9)14)10-6-27-7-11(23-8-28)25-12(27)5-22-10/h4-8H,1-3H3,(H,23,28)(H,24,26). The molecule has 29 heavy (non-hydrogen) atoms. The van der Waals surface area contributed by atoms with Crippen molar-refractivity contribution in [2.24, 2.45) is 5.41 Å². The molecule has 10 heteroatoms. The fourth-order valence-corrected chi connectivity index (χ4v) is 3.40. The second-order valence-corrected chi connectivity index (χ2v) is 7.92. The topological polar surface area (TPSA) is 105 Å². The summed E-state index contributed by atoms with van der Waals surface area (Å²) < 4.78 is 16.9. The van der Waals surface area contributed by atoms with E-state index in [-0.39, 0.29) is 21.9 Å². The highest BCUT2D eigenvalue weighted by Crippen LogP contribution is 2.40. The number of benzene rings is 1. The molecule has 0 aliphatic rings. The van der Waals surface area contributed by atoms with Crippen molar-refractivity contribution >= 4 is 46.2 Å². The molecular weight excluding hydrogens is 399 g/mol. The first kappa shape index (κ1) is 19.0. The normalized spacial score (nSPS) is 11.9. The lowest BCUT2D eigenvalue weighted by atomic mass is 9.85. The van der Waals surface area contributed by atoms with Crippen molar-refractivity contribution in [1.82, 2.24) is 24.6 Å². The van der Waals surface area contributed by atoms with Crippen molar-refractivity contribution in [3.63, 3.8) is 0 Å². The summed E-state index contributed by atoms with van der Waals surface area (Å²) in [5, 5.41) is 9.41. The lowest BCUT2D eigenvalue weighted by Crippen LogP contribution is -2.22. The van der Waals surface area contributed by atoms with Crippen LogP contribution in [0.4, 0.5) is 10.2 Å². The van der Waals surface area contributed by atoms with Gasteiger partial charge in [0.1, 0.15) is 0 Å². The molecule has 0 aliphatic heterocycles. The van der Waals surface area contributed by atoms with E-state index in [1.54, 1.807) is 37.6 Å². The Morgan fingerprint density at radius 2 is 2.07 bits per heavy atom. The number of halogens is 2. The second-order valence-electron chi connectivity index (χ2n) is 7.54. The summed E-state index contributed by atoms with van der Waals surface area (Å²) in [5.41, 5.74) is 0.478. The molecule has 3 aromatic heterocycles. The number of carbonyl (C=O) groups excluding carboxylic acids is 2. The van der Waals surface area contributed by atoms with Crippen LogP contribution in [-0.4, -0.2) is 36.8 Å². The van der Waals surface area contributed by atoms with Crippen molar-refractivity contribution in [3.05, 3.63) is 41.2 Å². The quantitative estimate of drug-likeness (QED) is 0.389. The number of anilines is 1. The average Bonchev–Trinajstić information content (AvgIpc) is 3.28. The van der Waals surface area contributed by atoms with Crippen LogP contribution in [0.1, 0.15) is 31.1 Å². The molecule has 2 N–H and O–H groups in total. The van der Waals surface area contributed by atoms with Crippen LogP contribution in [0.5, 0.6) is 0 Å². The third-order valence-electron chi connectivity index (χ3n) is 4.50. The highest BCUT2D eigenvalue weighted by Gasteiger charge is 2.32. The van der Waals surface area contributed by atoms with Crippen molar-refractivity contribution in [2.45, 2.75) is 20.8 Å². The molecule has 3 heterocycles. The molecule has 148 valence electrons. The van der Waals surface area contributed by atoms with E-state index in [1.807, 2.05) is 0 Å². The third kappa shape index (κ3) is 3.03. The number of rotatable bonds is 4. The molecule has 0 saturated carbocycles. The Morgan fingerprint density at radius 3 is 2.76 bits per heavy atom. The van der Waals surface area contributed by atoms with Crippen molar-refractivity contribution < 1.29 is 14.0 Å². The van der Waals surface area contributed by atoms with Crippen LogP contribution in [0.2, 0.25) is 5.02 Å². The molecule has 4 aromatic rings. The van der Waals surface area contributed by atoms with Crippen LogP contribution in [0.3, 0.4) is 0 Å². The fourth-order valence-electron chi connectivity index (χ4n) is 3.11. The van der Waals surface area contributed by atoms with Gasteiger partial charge in [-0.05, 0) is 0 Å². The Morgan fingerprint density at radius 1 is 1.31 bits per heavy atom. The zero-order valence-electron chi connectivity index (χ0n) is 15.7. The summed E-state index contributed by atoms with van der Waals surface area (Å²) in [6.07, 6.45) is 6.66. The first-order valence-electron chi connectivity index (χ1n) is 8.66. The van der Waals surface area contributed by atoms with Gasteiger partial charge in [-0.25, -0.2) is 9.37 Å². The number of carbonyl (C=O) groups is 2. The lowest BCUT2D eigenvalue weighted by Gasteiger charge is -2.19. The van der Waals surface area contributed by atoms with Crippen molar-refractivity contribution in [1.29, 1.82) is 0 Å². The Labute approximate surface area is 169 Å². The molecule has 0 aliphatic carbocycles. The molecule has 0 saturated heterocycles. The predicted molar refractivity (Wildman–Crippen MR) is 107 cm³/mol. The van der Waals surface area contributed by atoms with Crippen molar-refractivity contribution in [2.75, 3.05) is 5.32 Å². The number of nitrogens with zero attached hydrogens (tertiary/aromatic N) is 4. The highest BCUT2D eigenvalue weighted by atomic mass is 35.5. The Kier molecular flexibility index (Phi) is 4.34. The van der Waals surface area contributed by atoms with Crippen molar-refractivity contribution in [3.8, 4) is 11.3 Å². The van der Waals surface area contributed by atoms with Crippen LogP contribution >= 0.6 is 11.6 Å². The molecule has 1 amide bonds. The largest absolute Gasteiger partial charge is 0.312 e. The number of Topliss-reactive ketones (excluding diaryl/α,β-unsaturated/α-hetero) is 1. The van der Waals surface area contributed by atoms with Crippen LogP contribution in [0, 0.1) is 11.2 Å². The molecule has 0 unspecified atom stereocenters. The maximum atomic E-state index is 15.3. The summed E-state index contributed by atoms with van der Waals surface area (Å²) in [6.45, 7) is 5.12. The maximum Gasteiger partial charge on any atom is 0.212 e. The predicted octanol–water partition coefficient (Wildman–Crippen LogP) is 3.86. The van der Waals surface area contributed by atoms with Gasteiger partial charge in [-0.15, -0.1) is 0 Å². The first-order chi connectivity index (χ1) is 13.7. The van der Waals surface area contributed by atoms with Gasteiger partial charge in [0.05, 0.1) is 40.4 Å². The van der Waals surface area contributed by atoms with Crippen LogP contribution in [0.25, 0.3) is 27.8 Å². The number of aromatic amines is 1. The Bertz CT molecular complexity index is 1290. The van der Waals surface area contributed by atoms with E-state index in [0.717, 1.165) is 0 Å². The van der Waals surface area contributed by atoms with E-state index in [4.69, 9.17) is 11.6 Å². The summed E-state index contributed by atoms with van der Waals surface area (Å²) in [7, 11) is 0. The minimum Gasteiger partial charge on any atom is -0.312 e. The van der Waals surface area contributed by atoms with Gasteiger partial charge < -0.3 is 9.72 Å². The van der Waals surface area contributed by atoms with Gasteiger partial charge in [-0.3, -0.25) is 19.7 Å².